The van der Waals surface area contributed by atoms with Crippen LogP contribution in [0.3, 0.4) is 0 Å². The van der Waals surface area contributed by atoms with Gasteiger partial charge in [0.2, 0.25) is 5.88 Å². The van der Waals surface area contributed by atoms with Gasteiger partial charge in [-0.1, -0.05) is 0 Å². The summed E-state index contributed by atoms with van der Waals surface area (Å²) in [5.41, 5.74) is 5.42. The van der Waals surface area contributed by atoms with E-state index in [9.17, 15) is 13.6 Å². The second kappa shape index (κ2) is 7.19. The number of benzene rings is 2. The number of ether oxygens (including phenoxy) is 2. The van der Waals surface area contributed by atoms with Gasteiger partial charge in [0.05, 0.1) is 17.8 Å². The van der Waals surface area contributed by atoms with Crippen LogP contribution in [-0.2, 0) is 12.1 Å². The zero-order valence-electron chi connectivity index (χ0n) is 16.3. The van der Waals surface area contributed by atoms with E-state index in [0.717, 1.165) is 24.1 Å². The molecule has 0 atom stereocenters. The number of hydrogen-bond donors (Lipinski definition) is 1. The Morgan fingerprint density at radius 1 is 1.19 bits per heavy atom. The van der Waals surface area contributed by atoms with E-state index in [2.05, 4.69) is 10.2 Å². The van der Waals surface area contributed by atoms with Crippen molar-refractivity contribution in [3.63, 3.8) is 0 Å². The molecule has 2 N–H and O–H groups in total. The Labute approximate surface area is 176 Å². The molecule has 9 heteroatoms. The van der Waals surface area contributed by atoms with Crippen LogP contribution in [0.4, 0.5) is 19.3 Å². The summed E-state index contributed by atoms with van der Waals surface area (Å²) in [5, 5.41) is 7.64. The maximum Gasteiger partial charge on any atom is 0.416 e. The molecule has 1 aliphatic heterocycles. The third-order valence-corrected chi connectivity index (χ3v) is 5.81. The molecule has 1 aliphatic carbocycles. The summed E-state index contributed by atoms with van der Waals surface area (Å²) in [6, 6.07) is 10.5. The second-order valence-corrected chi connectivity index (χ2v) is 7.63. The minimum atomic E-state index is -0.734. The van der Waals surface area contributed by atoms with Gasteiger partial charge in [-0.15, -0.1) is 5.10 Å². The molecule has 31 heavy (non-hydrogen) atoms. The maximum atomic E-state index is 14.5. The molecule has 7 nitrogen and oxygen atoms in total. The van der Waals surface area contributed by atoms with Gasteiger partial charge in [0.15, 0.2) is 5.82 Å². The van der Waals surface area contributed by atoms with Crippen LogP contribution in [0.5, 0.6) is 17.4 Å². The van der Waals surface area contributed by atoms with E-state index < -0.39 is 23.3 Å². The fraction of sp³-hybridized carbons (Fsp3) is 0.227. The largest absolute Gasteiger partial charge is 0.437 e. The molecule has 1 saturated carbocycles. The summed E-state index contributed by atoms with van der Waals surface area (Å²) in [7, 11) is 0. The van der Waals surface area contributed by atoms with Crippen molar-refractivity contribution in [3.05, 3.63) is 71.4 Å². The highest BCUT2D eigenvalue weighted by Crippen LogP contribution is 2.53. The molecule has 1 aromatic heterocycles. The number of nitrogens with zero attached hydrogens (tertiary/aromatic N) is 3. The maximum absolute atomic E-state index is 14.5. The highest BCUT2D eigenvalue weighted by atomic mass is 19.1. The van der Waals surface area contributed by atoms with Gasteiger partial charge in [-0.05, 0) is 49.6 Å². The van der Waals surface area contributed by atoms with Crippen molar-refractivity contribution >= 4 is 11.8 Å². The third kappa shape index (κ3) is 3.22. The molecule has 2 aromatic carbocycles. The Morgan fingerprint density at radius 2 is 2.03 bits per heavy atom. The van der Waals surface area contributed by atoms with Gasteiger partial charge in [0.1, 0.15) is 17.3 Å². The molecule has 1 fully saturated rings. The van der Waals surface area contributed by atoms with Gasteiger partial charge in [-0.2, -0.15) is 5.10 Å². The Morgan fingerprint density at radius 3 is 2.74 bits per heavy atom. The fourth-order valence-corrected chi connectivity index (χ4v) is 4.19. The minimum absolute atomic E-state index is 0.00628. The van der Waals surface area contributed by atoms with E-state index >= 15 is 0 Å². The number of hydrogen-bond acceptors (Lipinski definition) is 6. The van der Waals surface area contributed by atoms with Gasteiger partial charge in [0.25, 0.3) is 0 Å². The van der Waals surface area contributed by atoms with E-state index in [4.69, 9.17) is 15.2 Å². The fourth-order valence-electron chi connectivity index (χ4n) is 4.19. The van der Waals surface area contributed by atoms with Gasteiger partial charge < -0.3 is 15.2 Å². The predicted molar refractivity (Wildman–Crippen MR) is 106 cm³/mol. The van der Waals surface area contributed by atoms with Crippen molar-refractivity contribution in [1.82, 2.24) is 15.1 Å². The first-order valence-electron chi connectivity index (χ1n) is 9.79. The van der Waals surface area contributed by atoms with Gasteiger partial charge >= 0.3 is 6.09 Å². The van der Waals surface area contributed by atoms with E-state index in [1.165, 1.54) is 11.1 Å². The van der Waals surface area contributed by atoms with Crippen molar-refractivity contribution in [2.45, 2.75) is 31.3 Å². The topological polar surface area (TPSA) is 90.6 Å². The Balaban J connectivity index is 1.49. The molecule has 0 unspecified atom stereocenters. The number of aromatic nitrogens is 2. The predicted octanol–water partition coefficient (Wildman–Crippen LogP) is 4.52. The minimum Gasteiger partial charge on any atom is -0.437 e. The molecule has 2 aliphatic rings. The van der Waals surface area contributed by atoms with Crippen molar-refractivity contribution in [3.8, 4) is 17.4 Å². The number of carbonyl (C=O) groups is 1. The lowest BCUT2D eigenvalue weighted by Gasteiger charge is -2.52. The summed E-state index contributed by atoms with van der Waals surface area (Å²) in [6.45, 7) is -0.149. The molecule has 2 heterocycles. The van der Waals surface area contributed by atoms with Crippen LogP contribution in [0.15, 0.2) is 48.7 Å². The van der Waals surface area contributed by atoms with Crippen LogP contribution in [0.1, 0.15) is 30.4 Å². The summed E-state index contributed by atoms with van der Waals surface area (Å²) in [4.78, 5) is 14.4. The summed E-state index contributed by atoms with van der Waals surface area (Å²) in [6.07, 6.45) is 3.17. The molecule has 0 bridgehead atoms. The van der Waals surface area contributed by atoms with Crippen molar-refractivity contribution in [2.75, 3.05) is 5.73 Å². The molecule has 1 spiro atoms. The monoisotopic (exact) mass is 424 g/mol. The molecule has 0 radical (unpaired) electrons. The third-order valence-electron chi connectivity index (χ3n) is 5.81. The molecule has 5 rings (SSSR count). The van der Waals surface area contributed by atoms with E-state index in [0.29, 0.717) is 30.2 Å². The number of carbonyl (C=O) groups excluding carboxylic acids is 1. The molecule has 1 amide bonds. The average molecular weight is 424 g/mol. The van der Waals surface area contributed by atoms with E-state index in [-0.39, 0.29) is 17.8 Å². The number of anilines is 1. The number of halogens is 2. The van der Waals surface area contributed by atoms with E-state index in [1.54, 1.807) is 24.3 Å². The van der Waals surface area contributed by atoms with Crippen molar-refractivity contribution in [1.29, 1.82) is 0 Å². The van der Waals surface area contributed by atoms with Crippen molar-refractivity contribution < 1.29 is 23.0 Å². The zero-order chi connectivity index (χ0) is 21.6. The summed E-state index contributed by atoms with van der Waals surface area (Å²) >= 11 is 0. The quantitative estimate of drug-likeness (QED) is 0.619. The summed E-state index contributed by atoms with van der Waals surface area (Å²) < 4.78 is 39.5. The Kier molecular flexibility index (Phi) is 4.46. The Bertz CT molecular complexity index is 1170. The van der Waals surface area contributed by atoms with Crippen LogP contribution in [0.25, 0.3) is 0 Å². The number of amides is 1. The molecule has 158 valence electrons. The lowest BCUT2D eigenvalue weighted by Crippen LogP contribution is -2.57. The SMILES string of the molecule is Nc1cc(F)cc(CN2C(=O)Oc3cc(Oc4cccnn4)ccc3C23CCC3)c1F. The van der Waals surface area contributed by atoms with Crippen LogP contribution in [0.2, 0.25) is 0 Å². The first kappa shape index (κ1) is 19.2. The van der Waals surface area contributed by atoms with Gasteiger partial charge in [-0.25, -0.2) is 13.6 Å². The van der Waals surface area contributed by atoms with Crippen LogP contribution < -0.4 is 15.2 Å². The number of nitrogen functional groups attached to an aromatic ring is 1. The molecular weight excluding hydrogens is 406 g/mol. The number of rotatable bonds is 4. The van der Waals surface area contributed by atoms with E-state index in [1.807, 2.05) is 6.07 Å². The summed E-state index contributed by atoms with van der Waals surface area (Å²) in [5.74, 6) is -0.264. The smallest absolute Gasteiger partial charge is 0.416 e. The number of nitrogens with two attached hydrogens (primary N) is 1. The van der Waals surface area contributed by atoms with Crippen LogP contribution in [-0.4, -0.2) is 21.2 Å². The first-order chi connectivity index (χ1) is 15.0. The molecular formula is C22H18F2N4O3. The first-order valence-corrected chi connectivity index (χ1v) is 9.79. The number of fused-ring (bicyclic) bond motifs is 2. The van der Waals surface area contributed by atoms with Crippen LogP contribution >= 0.6 is 0 Å². The van der Waals surface area contributed by atoms with Gasteiger partial charge in [-0.3, -0.25) is 4.90 Å². The van der Waals surface area contributed by atoms with Crippen LogP contribution in [0, 0.1) is 11.6 Å². The lowest BCUT2D eigenvalue weighted by molar-refractivity contribution is 0.00108. The molecule has 0 saturated heterocycles. The molecule has 3 aromatic rings. The Hall–Kier alpha value is -3.75. The zero-order valence-corrected chi connectivity index (χ0v) is 16.3. The lowest BCUT2D eigenvalue weighted by atomic mass is 9.69. The van der Waals surface area contributed by atoms with Gasteiger partial charge in [0, 0.05) is 29.5 Å². The standard InChI is InChI=1S/C22H18F2N4O3/c23-14-9-13(20(24)17(25)10-14)12-28-21(29)31-18-11-15(30-19-3-1-8-26-27-19)4-5-16(18)22(28)6-2-7-22/h1,3-5,8-11H,2,6-7,12,25H2. The normalized spacial score (nSPS) is 16.5. The average Bonchev–Trinajstić information content (AvgIpc) is 2.71. The highest BCUT2D eigenvalue weighted by Gasteiger charge is 2.51. The van der Waals surface area contributed by atoms with Crippen molar-refractivity contribution in [2.24, 2.45) is 0 Å². The second-order valence-electron chi connectivity index (χ2n) is 7.63. The highest BCUT2D eigenvalue weighted by molar-refractivity contribution is 5.76.